The summed E-state index contributed by atoms with van der Waals surface area (Å²) in [5.41, 5.74) is 0.481. The summed E-state index contributed by atoms with van der Waals surface area (Å²) in [5.74, 6) is -0.266. The first-order chi connectivity index (χ1) is 8.70. The van der Waals surface area contributed by atoms with Crippen LogP contribution in [0.3, 0.4) is 0 Å². The summed E-state index contributed by atoms with van der Waals surface area (Å²) >= 11 is 0. The Bertz CT molecular complexity index is 256. The van der Waals surface area contributed by atoms with Gasteiger partial charge in [-0.05, 0) is 19.8 Å². The maximum absolute atomic E-state index is 11.1. The maximum Gasteiger partial charge on any atom is 0.333 e. The van der Waals surface area contributed by atoms with Gasteiger partial charge in [-0.25, -0.2) is 4.79 Å². The maximum atomic E-state index is 11.1. The van der Waals surface area contributed by atoms with E-state index in [1.165, 1.54) is 38.5 Å². The lowest BCUT2D eigenvalue weighted by Gasteiger charge is -2.04. The summed E-state index contributed by atoms with van der Waals surface area (Å²) in [5, 5.41) is 0. The average Bonchev–Trinajstić information content (AvgIpc) is 3.15. The van der Waals surface area contributed by atoms with Crippen LogP contribution in [-0.4, -0.2) is 25.3 Å². The molecule has 0 aromatic carbocycles. The number of epoxide rings is 1. The molecule has 0 spiro atoms. The van der Waals surface area contributed by atoms with E-state index >= 15 is 0 Å². The van der Waals surface area contributed by atoms with Crippen molar-refractivity contribution in [1.29, 1.82) is 0 Å². The Hall–Kier alpha value is -0.830. The summed E-state index contributed by atoms with van der Waals surface area (Å²) in [6.07, 6.45) is 10.4. The first-order valence-electron chi connectivity index (χ1n) is 7.14. The van der Waals surface area contributed by atoms with Crippen molar-refractivity contribution < 1.29 is 14.3 Å². The third-order valence-electron chi connectivity index (χ3n) is 3.15. The van der Waals surface area contributed by atoms with Gasteiger partial charge in [0.2, 0.25) is 0 Å². The molecule has 0 radical (unpaired) electrons. The number of carbonyl (C=O) groups is 1. The van der Waals surface area contributed by atoms with E-state index in [1.807, 2.05) is 0 Å². The number of unbranched alkanes of at least 4 members (excludes halogenated alkanes) is 6. The van der Waals surface area contributed by atoms with Gasteiger partial charge in [0.25, 0.3) is 0 Å². The normalized spacial score (nSPS) is 17.5. The molecule has 104 valence electrons. The first-order valence-corrected chi connectivity index (χ1v) is 7.14. The van der Waals surface area contributed by atoms with Crippen molar-refractivity contribution in [3.63, 3.8) is 0 Å². The fourth-order valence-corrected chi connectivity index (χ4v) is 1.88. The molecule has 0 amide bonds. The summed E-state index contributed by atoms with van der Waals surface area (Å²) in [7, 11) is 0. The van der Waals surface area contributed by atoms with Crippen LogP contribution < -0.4 is 0 Å². The Morgan fingerprint density at radius 1 is 1.17 bits per heavy atom. The van der Waals surface area contributed by atoms with Gasteiger partial charge in [0.05, 0.1) is 19.3 Å². The number of hydrogen-bond donors (Lipinski definition) is 0. The predicted molar refractivity (Wildman–Crippen MR) is 72.4 cm³/mol. The van der Waals surface area contributed by atoms with Crippen molar-refractivity contribution in [2.75, 3.05) is 13.2 Å². The van der Waals surface area contributed by atoms with Crippen LogP contribution in [0.25, 0.3) is 0 Å². The van der Waals surface area contributed by atoms with Crippen molar-refractivity contribution >= 4 is 5.97 Å². The minimum Gasteiger partial charge on any atom is -0.462 e. The van der Waals surface area contributed by atoms with E-state index in [2.05, 4.69) is 6.58 Å². The van der Waals surface area contributed by atoms with Crippen molar-refractivity contribution in [3.05, 3.63) is 12.2 Å². The van der Waals surface area contributed by atoms with Crippen LogP contribution >= 0.6 is 0 Å². The van der Waals surface area contributed by atoms with E-state index < -0.39 is 0 Å². The van der Waals surface area contributed by atoms with Crippen LogP contribution in [0.15, 0.2) is 12.2 Å². The van der Waals surface area contributed by atoms with Gasteiger partial charge < -0.3 is 9.47 Å². The van der Waals surface area contributed by atoms with Gasteiger partial charge in [0.1, 0.15) is 0 Å². The molecule has 1 atom stereocenters. The SMILES string of the molecule is C=C(C)C(=O)OCCCCCCCCCC1CO1. The minimum atomic E-state index is -0.266. The predicted octanol–water partition coefficient (Wildman–Crippen LogP) is 3.63. The fourth-order valence-electron chi connectivity index (χ4n) is 1.88. The highest BCUT2D eigenvalue weighted by Crippen LogP contribution is 2.18. The van der Waals surface area contributed by atoms with Crippen LogP contribution in [0.1, 0.15) is 58.3 Å². The molecule has 0 aromatic heterocycles. The highest BCUT2D eigenvalue weighted by molar-refractivity contribution is 5.86. The van der Waals surface area contributed by atoms with Gasteiger partial charge in [0, 0.05) is 5.57 Å². The van der Waals surface area contributed by atoms with Gasteiger partial charge in [-0.1, -0.05) is 45.1 Å². The van der Waals surface area contributed by atoms with Crippen molar-refractivity contribution in [2.24, 2.45) is 0 Å². The third kappa shape index (κ3) is 8.29. The van der Waals surface area contributed by atoms with E-state index in [-0.39, 0.29) is 5.97 Å². The second-order valence-corrected chi connectivity index (χ2v) is 5.14. The molecule has 1 heterocycles. The lowest BCUT2D eigenvalue weighted by molar-refractivity contribution is -0.139. The monoisotopic (exact) mass is 254 g/mol. The Balaban J connectivity index is 1.72. The zero-order valence-corrected chi connectivity index (χ0v) is 11.6. The molecule has 1 aliphatic heterocycles. The average molecular weight is 254 g/mol. The standard InChI is InChI=1S/C15H26O3/c1-13(2)15(16)17-11-9-7-5-3-4-6-8-10-14-12-18-14/h14H,1,3-12H2,2H3. The highest BCUT2D eigenvalue weighted by Gasteiger charge is 2.20. The van der Waals surface area contributed by atoms with Crippen LogP contribution in [0, 0.1) is 0 Å². The van der Waals surface area contributed by atoms with Crippen molar-refractivity contribution in [2.45, 2.75) is 64.4 Å². The Morgan fingerprint density at radius 3 is 2.28 bits per heavy atom. The number of carbonyl (C=O) groups excluding carboxylic acids is 1. The third-order valence-corrected chi connectivity index (χ3v) is 3.15. The van der Waals surface area contributed by atoms with Gasteiger partial charge in [0.15, 0.2) is 0 Å². The summed E-state index contributed by atoms with van der Waals surface area (Å²) in [6, 6.07) is 0. The summed E-state index contributed by atoms with van der Waals surface area (Å²) in [4.78, 5) is 11.1. The largest absolute Gasteiger partial charge is 0.462 e. The number of ether oxygens (including phenoxy) is 2. The van der Waals surface area contributed by atoms with E-state index in [0.29, 0.717) is 18.3 Å². The van der Waals surface area contributed by atoms with E-state index in [9.17, 15) is 4.79 Å². The highest BCUT2D eigenvalue weighted by atomic mass is 16.6. The number of esters is 1. The van der Waals surface area contributed by atoms with E-state index in [1.54, 1.807) is 6.92 Å². The zero-order valence-electron chi connectivity index (χ0n) is 11.6. The zero-order chi connectivity index (χ0) is 13.2. The molecule has 0 bridgehead atoms. The topological polar surface area (TPSA) is 38.8 Å². The van der Waals surface area contributed by atoms with E-state index in [4.69, 9.17) is 9.47 Å². The van der Waals surface area contributed by atoms with Gasteiger partial charge in [-0.15, -0.1) is 0 Å². The molecule has 1 saturated heterocycles. The van der Waals surface area contributed by atoms with Crippen molar-refractivity contribution in [1.82, 2.24) is 0 Å². The molecule has 1 rings (SSSR count). The smallest absolute Gasteiger partial charge is 0.333 e. The lowest BCUT2D eigenvalue weighted by atomic mass is 10.1. The molecule has 3 heteroatoms. The molecule has 1 fully saturated rings. The van der Waals surface area contributed by atoms with Gasteiger partial charge in [-0.2, -0.15) is 0 Å². The van der Waals surface area contributed by atoms with Crippen LogP contribution in [-0.2, 0) is 14.3 Å². The molecular weight excluding hydrogens is 228 g/mol. The molecule has 3 nitrogen and oxygen atoms in total. The van der Waals surface area contributed by atoms with Gasteiger partial charge in [-0.3, -0.25) is 0 Å². The second-order valence-electron chi connectivity index (χ2n) is 5.14. The van der Waals surface area contributed by atoms with Gasteiger partial charge >= 0.3 is 5.97 Å². The second kappa shape index (κ2) is 9.15. The number of hydrogen-bond acceptors (Lipinski definition) is 3. The first kappa shape index (κ1) is 15.2. The van der Waals surface area contributed by atoms with E-state index in [0.717, 1.165) is 19.4 Å². The molecule has 0 saturated carbocycles. The number of rotatable bonds is 11. The molecule has 1 aliphatic rings. The molecule has 0 aromatic rings. The van der Waals surface area contributed by atoms with Crippen molar-refractivity contribution in [3.8, 4) is 0 Å². The molecule has 18 heavy (non-hydrogen) atoms. The lowest BCUT2D eigenvalue weighted by Crippen LogP contribution is -2.05. The molecule has 0 N–H and O–H groups in total. The van der Waals surface area contributed by atoms with Crippen LogP contribution in [0.2, 0.25) is 0 Å². The Kier molecular flexibility index (Phi) is 7.74. The van der Waals surface area contributed by atoms with Crippen LogP contribution in [0.5, 0.6) is 0 Å². The Morgan fingerprint density at radius 2 is 1.72 bits per heavy atom. The molecule has 0 aliphatic carbocycles. The molecule has 1 unspecified atom stereocenters. The molecular formula is C15H26O3. The minimum absolute atomic E-state index is 0.266. The fraction of sp³-hybridized carbons (Fsp3) is 0.800. The quantitative estimate of drug-likeness (QED) is 0.245. The summed E-state index contributed by atoms with van der Waals surface area (Å²) in [6.45, 7) is 6.74. The summed E-state index contributed by atoms with van der Waals surface area (Å²) < 4.78 is 10.2. The Labute approximate surface area is 111 Å². The van der Waals surface area contributed by atoms with Crippen LogP contribution in [0.4, 0.5) is 0 Å².